The number of piperidine rings is 1. The number of rotatable bonds is 4. The zero-order chi connectivity index (χ0) is 13.8. The van der Waals surface area contributed by atoms with Crippen molar-refractivity contribution < 1.29 is 4.79 Å². The Balaban J connectivity index is 0.00000200. The summed E-state index contributed by atoms with van der Waals surface area (Å²) in [5.41, 5.74) is 5.92. The maximum absolute atomic E-state index is 12.1. The van der Waals surface area contributed by atoms with Crippen LogP contribution in [0.2, 0.25) is 4.34 Å². The van der Waals surface area contributed by atoms with Crippen molar-refractivity contribution in [3.05, 3.63) is 21.3 Å². The molecule has 1 aliphatic heterocycles. The Morgan fingerprint density at radius 1 is 1.60 bits per heavy atom. The molecule has 1 aromatic rings. The second-order valence-corrected chi connectivity index (χ2v) is 6.89. The Hall–Kier alpha value is -0.330. The van der Waals surface area contributed by atoms with Gasteiger partial charge in [-0.3, -0.25) is 9.69 Å². The average molecular weight is 338 g/mol. The van der Waals surface area contributed by atoms with E-state index in [-0.39, 0.29) is 24.4 Å². The number of likely N-dealkylation sites (tertiary alicyclic amines) is 1. The van der Waals surface area contributed by atoms with Crippen molar-refractivity contribution in [2.45, 2.75) is 25.4 Å². The monoisotopic (exact) mass is 337 g/mol. The van der Waals surface area contributed by atoms with E-state index in [0.717, 1.165) is 35.1 Å². The number of nitrogens with zero attached hydrogens (tertiary/aromatic N) is 2. The van der Waals surface area contributed by atoms with Crippen LogP contribution in [0.3, 0.4) is 0 Å². The number of thiophene rings is 1. The summed E-state index contributed by atoms with van der Waals surface area (Å²) in [5, 5.41) is 0. The van der Waals surface area contributed by atoms with Crippen molar-refractivity contribution >= 4 is 41.3 Å². The van der Waals surface area contributed by atoms with Crippen LogP contribution in [-0.2, 0) is 11.3 Å². The number of likely N-dealkylation sites (N-methyl/N-ethyl adjacent to an activating group) is 1. The molecule has 0 saturated carbocycles. The molecule has 1 amide bonds. The number of hydrogen-bond acceptors (Lipinski definition) is 4. The number of nitrogens with two attached hydrogens (primary N) is 1. The first kappa shape index (κ1) is 17.7. The minimum Gasteiger partial charge on any atom is -0.340 e. The third-order valence-electron chi connectivity index (χ3n) is 3.35. The van der Waals surface area contributed by atoms with Crippen LogP contribution in [0.1, 0.15) is 17.7 Å². The lowest BCUT2D eigenvalue weighted by Crippen LogP contribution is -2.47. The van der Waals surface area contributed by atoms with Crippen molar-refractivity contribution in [3.8, 4) is 0 Å². The molecule has 114 valence electrons. The largest absolute Gasteiger partial charge is 0.340 e. The number of carbonyl (C=O) groups is 1. The molecule has 1 aliphatic rings. The Morgan fingerprint density at radius 3 is 2.95 bits per heavy atom. The van der Waals surface area contributed by atoms with Gasteiger partial charge in [-0.25, -0.2) is 0 Å². The molecule has 1 aromatic heterocycles. The molecule has 1 saturated heterocycles. The van der Waals surface area contributed by atoms with Gasteiger partial charge in [0.25, 0.3) is 0 Å². The standard InChI is InChI=1S/C13H20ClN3OS.ClH/c1-16(8-11-4-5-12(14)19-11)13(18)9-17-6-2-3-10(15)7-17;/h4-5,10H,2-3,6-9,15H2,1H3;1H/t10-;/m1./s1. The number of hydrogen-bond donors (Lipinski definition) is 1. The lowest BCUT2D eigenvalue weighted by atomic mass is 10.1. The smallest absolute Gasteiger partial charge is 0.236 e. The highest BCUT2D eigenvalue weighted by atomic mass is 35.5. The minimum atomic E-state index is 0. The molecule has 0 aromatic carbocycles. The topological polar surface area (TPSA) is 49.6 Å². The molecule has 0 spiro atoms. The molecule has 2 N–H and O–H groups in total. The lowest BCUT2D eigenvalue weighted by molar-refractivity contribution is -0.131. The SMILES string of the molecule is CN(Cc1ccc(Cl)s1)C(=O)CN1CCC[C@@H](N)C1.Cl. The maximum Gasteiger partial charge on any atom is 0.236 e. The first-order valence-corrected chi connectivity index (χ1v) is 7.70. The first-order valence-electron chi connectivity index (χ1n) is 6.50. The number of carbonyl (C=O) groups excluding carboxylic acids is 1. The molecule has 0 radical (unpaired) electrons. The molecule has 1 fully saturated rings. The molecule has 0 unspecified atom stereocenters. The fourth-order valence-corrected chi connectivity index (χ4v) is 3.45. The van der Waals surface area contributed by atoms with Crippen molar-refractivity contribution in [3.63, 3.8) is 0 Å². The van der Waals surface area contributed by atoms with Gasteiger partial charge in [-0.1, -0.05) is 11.6 Å². The van der Waals surface area contributed by atoms with Crippen LogP contribution in [0.15, 0.2) is 12.1 Å². The molecule has 2 rings (SSSR count). The Labute approximate surface area is 135 Å². The van der Waals surface area contributed by atoms with Crippen molar-refractivity contribution in [1.29, 1.82) is 0 Å². The van der Waals surface area contributed by atoms with E-state index in [1.807, 2.05) is 19.2 Å². The third-order valence-corrected chi connectivity index (χ3v) is 4.56. The van der Waals surface area contributed by atoms with E-state index < -0.39 is 0 Å². The molecule has 4 nitrogen and oxygen atoms in total. The zero-order valence-corrected chi connectivity index (χ0v) is 13.9. The quantitative estimate of drug-likeness (QED) is 0.916. The van der Waals surface area contributed by atoms with Crippen LogP contribution in [0.4, 0.5) is 0 Å². The molecule has 0 bridgehead atoms. The van der Waals surface area contributed by atoms with Crippen molar-refractivity contribution in [1.82, 2.24) is 9.80 Å². The van der Waals surface area contributed by atoms with Gasteiger partial charge < -0.3 is 10.6 Å². The summed E-state index contributed by atoms with van der Waals surface area (Å²) in [6, 6.07) is 4.04. The predicted octanol–water partition coefficient (Wildman–Crippen LogP) is 2.20. The predicted molar refractivity (Wildman–Crippen MR) is 86.7 cm³/mol. The fraction of sp³-hybridized carbons (Fsp3) is 0.615. The van der Waals surface area contributed by atoms with Crippen molar-refractivity contribution in [2.24, 2.45) is 5.73 Å². The molecule has 2 heterocycles. The molecular weight excluding hydrogens is 317 g/mol. The van der Waals surface area contributed by atoms with E-state index in [4.69, 9.17) is 17.3 Å². The highest BCUT2D eigenvalue weighted by molar-refractivity contribution is 7.16. The van der Waals surface area contributed by atoms with Crippen LogP contribution in [-0.4, -0.2) is 48.4 Å². The van der Waals surface area contributed by atoms with E-state index in [9.17, 15) is 4.79 Å². The summed E-state index contributed by atoms with van der Waals surface area (Å²) < 4.78 is 0.762. The number of amides is 1. The van der Waals surface area contributed by atoms with Crippen LogP contribution < -0.4 is 5.73 Å². The zero-order valence-electron chi connectivity index (χ0n) is 11.5. The summed E-state index contributed by atoms with van der Waals surface area (Å²) in [6.45, 7) is 2.88. The summed E-state index contributed by atoms with van der Waals surface area (Å²) in [4.78, 5) is 17.2. The number of halogens is 2. The van der Waals surface area contributed by atoms with Crippen LogP contribution in [0, 0.1) is 0 Å². The normalized spacial score (nSPS) is 19.4. The molecular formula is C13H21Cl2N3OS. The van der Waals surface area contributed by atoms with Gasteiger partial charge in [0.1, 0.15) is 0 Å². The summed E-state index contributed by atoms with van der Waals surface area (Å²) in [7, 11) is 1.83. The van der Waals surface area contributed by atoms with E-state index in [1.165, 1.54) is 11.3 Å². The van der Waals surface area contributed by atoms with Gasteiger partial charge in [0.15, 0.2) is 0 Å². The fourth-order valence-electron chi connectivity index (χ4n) is 2.31. The Morgan fingerprint density at radius 2 is 2.35 bits per heavy atom. The molecule has 0 aliphatic carbocycles. The summed E-state index contributed by atoms with van der Waals surface area (Å²) >= 11 is 7.41. The van der Waals surface area contributed by atoms with E-state index in [2.05, 4.69) is 4.90 Å². The van der Waals surface area contributed by atoms with Crippen molar-refractivity contribution in [2.75, 3.05) is 26.7 Å². The maximum atomic E-state index is 12.1. The summed E-state index contributed by atoms with van der Waals surface area (Å²) in [5.74, 6) is 0.138. The summed E-state index contributed by atoms with van der Waals surface area (Å²) in [6.07, 6.45) is 2.15. The van der Waals surface area contributed by atoms with Gasteiger partial charge in [-0.2, -0.15) is 0 Å². The Kier molecular flexibility index (Phi) is 7.26. The van der Waals surface area contributed by atoms with Gasteiger partial charge in [-0.15, -0.1) is 23.7 Å². The first-order chi connectivity index (χ1) is 9.04. The second kappa shape index (κ2) is 8.20. The molecule has 1 atom stereocenters. The third kappa shape index (κ3) is 5.22. The highest BCUT2D eigenvalue weighted by Gasteiger charge is 2.20. The lowest BCUT2D eigenvalue weighted by Gasteiger charge is -2.31. The van der Waals surface area contributed by atoms with Gasteiger partial charge in [0, 0.05) is 24.5 Å². The minimum absolute atomic E-state index is 0. The molecule has 7 heteroatoms. The van der Waals surface area contributed by atoms with Gasteiger partial charge in [-0.05, 0) is 31.5 Å². The van der Waals surface area contributed by atoms with Crippen LogP contribution in [0.5, 0.6) is 0 Å². The van der Waals surface area contributed by atoms with Gasteiger partial charge in [0.2, 0.25) is 5.91 Å². The second-order valence-electron chi connectivity index (χ2n) is 5.09. The highest BCUT2D eigenvalue weighted by Crippen LogP contribution is 2.22. The van der Waals surface area contributed by atoms with Gasteiger partial charge >= 0.3 is 0 Å². The van der Waals surface area contributed by atoms with E-state index >= 15 is 0 Å². The van der Waals surface area contributed by atoms with E-state index in [0.29, 0.717) is 13.1 Å². The van der Waals surface area contributed by atoms with E-state index in [1.54, 1.807) is 4.90 Å². The van der Waals surface area contributed by atoms with Crippen LogP contribution >= 0.6 is 35.3 Å². The van der Waals surface area contributed by atoms with Gasteiger partial charge in [0.05, 0.1) is 17.4 Å². The Bertz CT molecular complexity index is 441. The molecule has 20 heavy (non-hydrogen) atoms. The average Bonchev–Trinajstić information content (AvgIpc) is 2.74. The van der Waals surface area contributed by atoms with Crippen LogP contribution in [0.25, 0.3) is 0 Å².